The van der Waals surface area contributed by atoms with E-state index in [1.54, 1.807) is 19.1 Å². The minimum absolute atomic E-state index is 0.0680. The fourth-order valence-corrected chi connectivity index (χ4v) is 0.983. The van der Waals surface area contributed by atoms with E-state index in [9.17, 15) is 18.0 Å². The lowest BCUT2D eigenvalue weighted by Gasteiger charge is -2.26. The predicted octanol–water partition coefficient (Wildman–Crippen LogP) is 1.61. The Bertz CT molecular complexity index is 429. The summed E-state index contributed by atoms with van der Waals surface area (Å²) in [5, 5.41) is 2.06. The van der Waals surface area contributed by atoms with Gasteiger partial charge in [0, 0.05) is 6.20 Å². The zero-order chi connectivity index (χ0) is 13.3. The van der Waals surface area contributed by atoms with Crippen LogP contribution in [0.4, 0.5) is 19.0 Å². The molecule has 3 N–H and O–H groups in total. The molecule has 17 heavy (non-hydrogen) atoms. The number of nitrogens with zero attached hydrogens (tertiary/aromatic N) is 1. The first-order valence-corrected chi connectivity index (χ1v) is 4.75. The fourth-order valence-electron chi connectivity index (χ4n) is 0.983. The van der Waals surface area contributed by atoms with Crippen LogP contribution in [0, 0.1) is 6.92 Å². The molecule has 0 aliphatic carbocycles. The van der Waals surface area contributed by atoms with E-state index >= 15 is 0 Å². The summed E-state index contributed by atoms with van der Waals surface area (Å²) in [7, 11) is 0. The minimum Gasteiger partial charge on any atom is -0.310 e. The quantitative estimate of drug-likeness (QED) is 0.834. The van der Waals surface area contributed by atoms with Crippen molar-refractivity contribution in [3.63, 3.8) is 0 Å². The van der Waals surface area contributed by atoms with E-state index in [0.29, 0.717) is 12.5 Å². The maximum absolute atomic E-state index is 12.5. The van der Waals surface area contributed by atoms with Crippen molar-refractivity contribution in [1.82, 2.24) is 4.98 Å². The van der Waals surface area contributed by atoms with Crippen molar-refractivity contribution in [1.29, 1.82) is 0 Å². The van der Waals surface area contributed by atoms with Crippen molar-refractivity contribution >= 4 is 11.7 Å². The van der Waals surface area contributed by atoms with Gasteiger partial charge in [0.25, 0.3) is 5.91 Å². The number of aryl methyl sites for hydroxylation is 1. The Labute approximate surface area is 96.0 Å². The second-order valence-electron chi connectivity index (χ2n) is 3.82. The molecule has 94 valence electrons. The molecule has 0 aliphatic heterocycles. The lowest BCUT2D eigenvalue weighted by Crippen LogP contribution is -2.59. The summed E-state index contributed by atoms with van der Waals surface area (Å²) in [6, 6.07) is 3.22. The Morgan fingerprint density at radius 2 is 2.06 bits per heavy atom. The van der Waals surface area contributed by atoms with Crippen LogP contribution in [0.25, 0.3) is 0 Å². The second kappa shape index (κ2) is 4.33. The topological polar surface area (TPSA) is 68.0 Å². The molecular weight excluding hydrogens is 235 g/mol. The number of hydrogen-bond donors (Lipinski definition) is 2. The zero-order valence-corrected chi connectivity index (χ0v) is 9.30. The van der Waals surface area contributed by atoms with E-state index in [0.717, 1.165) is 0 Å². The Kier molecular flexibility index (Phi) is 3.42. The monoisotopic (exact) mass is 247 g/mol. The summed E-state index contributed by atoms with van der Waals surface area (Å²) in [4.78, 5) is 15.2. The Balaban J connectivity index is 2.91. The van der Waals surface area contributed by atoms with Crippen LogP contribution in [0.2, 0.25) is 0 Å². The van der Waals surface area contributed by atoms with Crippen LogP contribution in [0.3, 0.4) is 0 Å². The Morgan fingerprint density at radius 1 is 1.47 bits per heavy atom. The van der Waals surface area contributed by atoms with Crippen LogP contribution in [-0.4, -0.2) is 22.6 Å². The zero-order valence-electron chi connectivity index (χ0n) is 9.30. The minimum atomic E-state index is -4.82. The Hall–Kier alpha value is -1.63. The van der Waals surface area contributed by atoms with Crippen LogP contribution in [0.15, 0.2) is 18.3 Å². The average molecular weight is 247 g/mol. The molecule has 0 spiro atoms. The van der Waals surface area contributed by atoms with Gasteiger partial charge in [0.1, 0.15) is 5.82 Å². The van der Waals surface area contributed by atoms with Gasteiger partial charge in [0.05, 0.1) is 0 Å². The molecule has 0 aliphatic rings. The number of halogens is 3. The normalized spacial score (nSPS) is 15.2. The van der Waals surface area contributed by atoms with Crippen molar-refractivity contribution < 1.29 is 18.0 Å². The van der Waals surface area contributed by atoms with Gasteiger partial charge in [-0.2, -0.15) is 13.2 Å². The highest BCUT2D eigenvalue weighted by atomic mass is 19.4. The first-order valence-electron chi connectivity index (χ1n) is 4.75. The molecule has 0 bridgehead atoms. The second-order valence-corrected chi connectivity index (χ2v) is 3.82. The van der Waals surface area contributed by atoms with Gasteiger partial charge in [-0.1, -0.05) is 6.07 Å². The van der Waals surface area contributed by atoms with E-state index in [4.69, 9.17) is 5.73 Å². The number of carbonyl (C=O) groups is 1. The highest BCUT2D eigenvalue weighted by Gasteiger charge is 2.54. The van der Waals surface area contributed by atoms with Crippen LogP contribution in [0.5, 0.6) is 0 Å². The van der Waals surface area contributed by atoms with Crippen molar-refractivity contribution in [3.05, 3.63) is 23.9 Å². The summed E-state index contributed by atoms with van der Waals surface area (Å²) in [5.41, 5.74) is 2.58. The molecule has 0 aromatic carbocycles. The molecule has 1 atom stereocenters. The average Bonchev–Trinajstić information content (AvgIpc) is 2.19. The first-order chi connectivity index (χ1) is 7.66. The van der Waals surface area contributed by atoms with Gasteiger partial charge in [-0.05, 0) is 25.5 Å². The fraction of sp³-hybridized carbons (Fsp3) is 0.400. The van der Waals surface area contributed by atoms with Gasteiger partial charge in [-0.3, -0.25) is 4.79 Å². The number of carbonyl (C=O) groups excluding carboxylic acids is 1. The van der Waals surface area contributed by atoms with Gasteiger partial charge in [0.2, 0.25) is 0 Å². The largest absolute Gasteiger partial charge is 0.415 e. The van der Waals surface area contributed by atoms with E-state index < -0.39 is 17.6 Å². The molecule has 4 nitrogen and oxygen atoms in total. The van der Waals surface area contributed by atoms with E-state index in [1.165, 1.54) is 6.20 Å². The lowest BCUT2D eigenvalue weighted by molar-refractivity contribution is -0.184. The third-order valence-electron chi connectivity index (χ3n) is 2.30. The number of amides is 1. The van der Waals surface area contributed by atoms with E-state index in [1.807, 2.05) is 0 Å². The van der Waals surface area contributed by atoms with Gasteiger partial charge in [0.15, 0.2) is 5.54 Å². The summed E-state index contributed by atoms with van der Waals surface area (Å²) in [6.07, 6.45) is -3.45. The molecule has 7 heteroatoms. The van der Waals surface area contributed by atoms with Gasteiger partial charge in [-0.25, -0.2) is 4.98 Å². The summed E-state index contributed by atoms with van der Waals surface area (Å²) >= 11 is 0. The van der Waals surface area contributed by atoms with Crippen LogP contribution < -0.4 is 11.1 Å². The molecule has 0 radical (unpaired) electrons. The molecule has 0 fully saturated rings. The summed E-state index contributed by atoms with van der Waals surface area (Å²) in [5.74, 6) is -1.27. The number of pyridine rings is 1. The molecular formula is C10H12F3N3O. The van der Waals surface area contributed by atoms with Crippen molar-refractivity contribution in [2.75, 3.05) is 5.32 Å². The van der Waals surface area contributed by atoms with Crippen LogP contribution >= 0.6 is 0 Å². The predicted molar refractivity (Wildman–Crippen MR) is 56.3 cm³/mol. The number of hydrogen-bond acceptors (Lipinski definition) is 3. The molecule has 1 aromatic heterocycles. The third kappa shape index (κ3) is 2.73. The summed E-state index contributed by atoms with van der Waals surface area (Å²) < 4.78 is 37.4. The lowest BCUT2D eigenvalue weighted by atomic mass is 10.0. The molecule has 1 amide bonds. The maximum atomic E-state index is 12.5. The molecule has 1 unspecified atom stereocenters. The SMILES string of the molecule is Cc1cccnc1NC(=O)C(C)(N)C(F)(F)F. The summed E-state index contributed by atoms with van der Waals surface area (Å²) in [6.45, 7) is 2.23. The number of alkyl halides is 3. The van der Waals surface area contributed by atoms with Crippen molar-refractivity contribution in [3.8, 4) is 0 Å². The number of nitrogens with two attached hydrogens (primary N) is 1. The molecule has 1 rings (SSSR count). The van der Waals surface area contributed by atoms with Crippen LogP contribution in [-0.2, 0) is 4.79 Å². The smallest absolute Gasteiger partial charge is 0.310 e. The number of anilines is 1. The molecule has 0 saturated heterocycles. The molecule has 0 saturated carbocycles. The molecule has 1 heterocycles. The van der Waals surface area contributed by atoms with E-state index in [2.05, 4.69) is 10.3 Å². The number of aromatic nitrogens is 1. The van der Waals surface area contributed by atoms with Crippen molar-refractivity contribution in [2.24, 2.45) is 5.73 Å². The molecule has 1 aromatic rings. The van der Waals surface area contributed by atoms with Crippen LogP contribution in [0.1, 0.15) is 12.5 Å². The Morgan fingerprint density at radius 3 is 2.53 bits per heavy atom. The van der Waals surface area contributed by atoms with Gasteiger partial charge in [-0.15, -0.1) is 0 Å². The highest BCUT2D eigenvalue weighted by Crippen LogP contribution is 2.29. The number of nitrogens with one attached hydrogen (secondary N) is 1. The maximum Gasteiger partial charge on any atom is 0.415 e. The third-order valence-corrected chi connectivity index (χ3v) is 2.30. The van der Waals surface area contributed by atoms with E-state index in [-0.39, 0.29) is 5.82 Å². The standard InChI is InChI=1S/C10H12F3N3O/c1-6-4-3-5-15-7(6)16-8(17)9(2,14)10(11,12)13/h3-5H,14H2,1-2H3,(H,15,16,17). The van der Waals surface area contributed by atoms with Gasteiger partial charge < -0.3 is 11.1 Å². The van der Waals surface area contributed by atoms with Gasteiger partial charge >= 0.3 is 6.18 Å². The number of rotatable bonds is 2. The van der Waals surface area contributed by atoms with Crippen molar-refractivity contribution in [2.45, 2.75) is 25.6 Å². The highest BCUT2D eigenvalue weighted by molar-refractivity contribution is 5.98. The first kappa shape index (κ1) is 13.4.